The molecule has 1 N–H and O–H groups in total. The van der Waals surface area contributed by atoms with Gasteiger partial charge in [0.05, 0.1) is 0 Å². The van der Waals surface area contributed by atoms with Crippen molar-refractivity contribution in [3.05, 3.63) is 34.6 Å². The molecule has 2 aliphatic carbocycles. The van der Waals surface area contributed by atoms with E-state index in [2.05, 4.69) is 0 Å². The summed E-state index contributed by atoms with van der Waals surface area (Å²) in [4.78, 5) is 0. The van der Waals surface area contributed by atoms with Crippen LogP contribution in [-0.2, 0) is 11.5 Å². The van der Waals surface area contributed by atoms with Gasteiger partial charge >= 0.3 is 11.8 Å². The second kappa shape index (κ2) is 2.87. The summed E-state index contributed by atoms with van der Waals surface area (Å²) in [5.41, 5.74) is -4.77. The van der Waals surface area contributed by atoms with Crippen molar-refractivity contribution in [1.82, 2.24) is 0 Å². The fourth-order valence-electron chi connectivity index (χ4n) is 3.14. The molecule has 0 saturated heterocycles. The lowest BCUT2D eigenvalue weighted by Gasteiger charge is -2.30. The molecule has 6 heteroatoms. The Morgan fingerprint density at radius 1 is 1.22 bits per heavy atom. The van der Waals surface area contributed by atoms with Crippen molar-refractivity contribution in [1.29, 1.82) is 0 Å². The first kappa shape index (κ1) is 11.9. The Morgan fingerprint density at radius 3 is 2.44 bits per heavy atom. The largest absolute Gasteiger partial charge is 0.378 e. The van der Waals surface area contributed by atoms with Crippen LogP contribution in [-0.4, -0.2) is 11.0 Å². The minimum atomic E-state index is -4.62. The van der Waals surface area contributed by atoms with Crippen molar-refractivity contribution >= 4 is 0 Å². The topological polar surface area (TPSA) is 20.2 Å². The van der Waals surface area contributed by atoms with Gasteiger partial charge in [0.1, 0.15) is 5.82 Å². The molecular formula is C12H9F5O. The first-order valence-electron chi connectivity index (χ1n) is 5.46. The Balaban J connectivity index is 2.44. The van der Waals surface area contributed by atoms with E-state index in [9.17, 15) is 27.1 Å². The highest BCUT2D eigenvalue weighted by molar-refractivity contribution is 5.55. The number of hydrogen-bond donors (Lipinski definition) is 1. The van der Waals surface area contributed by atoms with Crippen molar-refractivity contribution in [2.75, 3.05) is 0 Å². The lowest BCUT2D eigenvalue weighted by Crippen LogP contribution is -2.48. The third kappa shape index (κ3) is 0.944. The molecule has 0 aromatic heterocycles. The Labute approximate surface area is 99.2 Å². The summed E-state index contributed by atoms with van der Waals surface area (Å²) in [6, 6.07) is 1.39. The SMILES string of the molecule is CC1C[C@@]2(O)c3c(ccc(F)c31)C(F)(F)C2(F)F. The van der Waals surface area contributed by atoms with Gasteiger partial charge in [-0.25, -0.2) is 4.39 Å². The van der Waals surface area contributed by atoms with Crippen LogP contribution in [0.5, 0.6) is 0 Å². The molecule has 1 aromatic rings. The summed E-state index contributed by atoms with van der Waals surface area (Å²) >= 11 is 0. The van der Waals surface area contributed by atoms with Crippen LogP contribution in [0.25, 0.3) is 0 Å². The van der Waals surface area contributed by atoms with Gasteiger partial charge in [-0.15, -0.1) is 0 Å². The van der Waals surface area contributed by atoms with E-state index in [0.717, 1.165) is 6.07 Å². The van der Waals surface area contributed by atoms with Gasteiger partial charge in [-0.05, 0) is 30.0 Å². The van der Waals surface area contributed by atoms with Crippen LogP contribution >= 0.6 is 0 Å². The molecule has 0 amide bonds. The zero-order valence-corrected chi connectivity index (χ0v) is 9.28. The smallest absolute Gasteiger partial charge is 0.346 e. The first-order chi connectivity index (χ1) is 8.14. The monoisotopic (exact) mass is 264 g/mol. The maximum Gasteiger partial charge on any atom is 0.346 e. The van der Waals surface area contributed by atoms with Crippen LogP contribution in [0.15, 0.2) is 12.1 Å². The quantitative estimate of drug-likeness (QED) is 0.713. The van der Waals surface area contributed by atoms with Crippen LogP contribution in [0, 0.1) is 5.82 Å². The van der Waals surface area contributed by atoms with Crippen molar-refractivity contribution in [2.45, 2.75) is 36.7 Å². The van der Waals surface area contributed by atoms with Gasteiger partial charge in [0.25, 0.3) is 0 Å². The summed E-state index contributed by atoms with van der Waals surface area (Å²) < 4.78 is 68.5. The zero-order valence-electron chi connectivity index (χ0n) is 9.28. The number of halogens is 5. The van der Waals surface area contributed by atoms with E-state index < -0.39 is 46.7 Å². The van der Waals surface area contributed by atoms with E-state index in [4.69, 9.17) is 0 Å². The molecule has 1 nitrogen and oxygen atoms in total. The Hall–Kier alpha value is -1.17. The summed E-state index contributed by atoms with van der Waals surface area (Å²) in [7, 11) is 0. The number of aliphatic hydroxyl groups is 1. The molecule has 0 saturated carbocycles. The number of hydrogen-bond acceptors (Lipinski definition) is 1. The Morgan fingerprint density at radius 2 is 1.83 bits per heavy atom. The molecule has 0 fully saturated rings. The van der Waals surface area contributed by atoms with Crippen LogP contribution in [0.1, 0.15) is 36.0 Å². The van der Waals surface area contributed by atoms with Crippen LogP contribution < -0.4 is 0 Å². The third-order valence-electron chi connectivity index (χ3n) is 3.95. The van der Waals surface area contributed by atoms with Gasteiger partial charge in [0, 0.05) is 11.1 Å². The zero-order chi connectivity index (χ0) is 13.5. The summed E-state index contributed by atoms with van der Waals surface area (Å²) in [6.45, 7) is 1.43. The normalized spacial score (nSPS) is 34.7. The highest BCUT2D eigenvalue weighted by Crippen LogP contribution is 2.67. The molecule has 2 aliphatic rings. The van der Waals surface area contributed by atoms with Gasteiger partial charge in [-0.2, -0.15) is 17.6 Å². The van der Waals surface area contributed by atoms with Crippen LogP contribution in [0.4, 0.5) is 22.0 Å². The molecule has 0 heterocycles. The molecule has 0 aliphatic heterocycles. The molecule has 0 radical (unpaired) electrons. The van der Waals surface area contributed by atoms with Crippen molar-refractivity contribution in [3.8, 4) is 0 Å². The third-order valence-corrected chi connectivity index (χ3v) is 3.95. The second-order valence-electron chi connectivity index (χ2n) is 5.00. The number of rotatable bonds is 0. The lowest BCUT2D eigenvalue weighted by atomic mass is 9.93. The highest BCUT2D eigenvalue weighted by Gasteiger charge is 2.78. The van der Waals surface area contributed by atoms with E-state index in [0.29, 0.717) is 6.07 Å². The predicted molar refractivity (Wildman–Crippen MR) is 52.2 cm³/mol. The summed E-state index contributed by atoms with van der Waals surface area (Å²) in [5, 5.41) is 9.97. The predicted octanol–water partition coefficient (Wildman–Crippen LogP) is 3.26. The van der Waals surface area contributed by atoms with Crippen molar-refractivity contribution in [3.63, 3.8) is 0 Å². The Bertz CT molecular complexity index is 554. The van der Waals surface area contributed by atoms with Gasteiger partial charge in [-0.1, -0.05) is 6.92 Å². The van der Waals surface area contributed by atoms with Gasteiger partial charge in [0.2, 0.25) is 0 Å². The molecule has 0 bridgehead atoms. The molecule has 0 spiro atoms. The number of alkyl halides is 4. The van der Waals surface area contributed by atoms with Gasteiger partial charge in [0.15, 0.2) is 5.60 Å². The average molecular weight is 264 g/mol. The standard InChI is InChI=1S/C12H9F5O/c1-5-4-10(18)9-6(2-3-7(13)8(5)9)11(14,15)12(10,16)17/h2-3,5,18H,4H2,1H3/t5?,10-/m1/s1. The van der Waals surface area contributed by atoms with E-state index in [-0.39, 0.29) is 5.56 Å². The molecule has 18 heavy (non-hydrogen) atoms. The maximum atomic E-state index is 13.8. The minimum absolute atomic E-state index is 0.216. The minimum Gasteiger partial charge on any atom is -0.378 e. The van der Waals surface area contributed by atoms with Crippen LogP contribution in [0.2, 0.25) is 0 Å². The fourth-order valence-corrected chi connectivity index (χ4v) is 3.14. The van der Waals surface area contributed by atoms with Crippen molar-refractivity contribution < 1.29 is 27.1 Å². The van der Waals surface area contributed by atoms with Crippen molar-refractivity contribution in [2.24, 2.45) is 0 Å². The molecular weight excluding hydrogens is 255 g/mol. The molecule has 2 atom stereocenters. The van der Waals surface area contributed by atoms with Gasteiger partial charge in [-0.3, -0.25) is 0 Å². The molecule has 98 valence electrons. The summed E-state index contributed by atoms with van der Waals surface area (Å²) in [6.07, 6.45) is -0.598. The van der Waals surface area contributed by atoms with Gasteiger partial charge < -0.3 is 5.11 Å². The average Bonchev–Trinajstić information content (AvgIpc) is 2.58. The highest BCUT2D eigenvalue weighted by atomic mass is 19.3. The lowest BCUT2D eigenvalue weighted by molar-refractivity contribution is -0.286. The number of benzene rings is 1. The van der Waals surface area contributed by atoms with Crippen LogP contribution in [0.3, 0.4) is 0 Å². The molecule has 1 aromatic carbocycles. The fraction of sp³-hybridized carbons (Fsp3) is 0.500. The van der Waals surface area contributed by atoms with E-state index >= 15 is 0 Å². The molecule has 3 rings (SSSR count). The Kier molecular flexibility index (Phi) is 1.90. The molecule has 1 unspecified atom stereocenters. The second-order valence-corrected chi connectivity index (χ2v) is 5.00. The maximum absolute atomic E-state index is 13.8. The van der Waals surface area contributed by atoms with E-state index in [1.54, 1.807) is 0 Å². The van der Waals surface area contributed by atoms with E-state index in [1.807, 2.05) is 0 Å². The first-order valence-corrected chi connectivity index (χ1v) is 5.46. The summed E-state index contributed by atoms with van der Waals surface area (Å²) in [5.74, 6) is -10.6. The van der Waals surface area contributed by atoms with E-state index in [1.165, 1.54) is 6.92 Å².